The molecule has 5 nitrogen and oxygen atoms in total. The summed E-state index contributed by atoms with van der Waals surface area (Å²) in [5.41, 5.74) is 3.84. The molecule has 0 heterocycles. The van der Waals surface area contributed by atoms with Crippen LogP contribution < -0.4 is 14.9 Å². The number of ether oxygens (including phenoxy) is 2. The zero-order chi connectivity index (χ0) is 18.2. The standard InChI is InChI=1S/C19H21BrN2O3/c1-4-24-18-11-14(9-10-17(18)25-13(2)3)12-21-22-19(23)15-7-5-6-8-16(15)20/h5-13H,4H2,1-3H3,(H,22,23)/b21-12-. The Morgan fingerprint density at radius 2 is 2.00 bits per heavy atom. The number of benzene rings is 2. The largest absolute Gasteiger partial charge is 0.490 e. The van der Waals surface area contributed by atoms with Gasteiger partial charge in [-0.1, -0.05) is 12.1 Å². The van der Waals surface area contributed by atoms with E-state index in [1.807, 2.05) is 45.0 Å². The molecule has 0 aliphatic rings. The molecule has 1 N–H and O–H groups in total. The first-order chi connectivity index (χ1) is 12.0. The van der Waals surface area contributed by atoms with Crippen molar-refractivity contribution < 1.29 is 14.3 Å². The maximum absolute atomic E-state index is 12.1. The average molecular weight is 405 g/mol. The molecule has 2 aromatic rings. The predicted octanol–water partition coefficient (Wildman–Crippen LogP) is 4.40. The van der Waals surface area contributed by atoms with E-state index in [0.717, 1.165) is 10.0 Å². The quantitative estimate of drug-likeness (QED) is 0.549. The third kappa shape index (κ3) is 5.60. The topological polar surface area (TPSA) is 59.9 Å². The molecular weight excluding hydrogens is 384 g/mol. The Morgan fingerprint density at radius 3 is 2.68 bits per heavy atom. The molecule has 0 unspecified atom stereocenters. The molecule has 0 fully saturated rings. The van der Waals surface area contributed by atoms with E-state index in [0.29, 0.717) is 23.7 Å². The lowest BCUT2D eigenvalue weighted by atomic mass is 10.2. The van der Waals surface area contributed by atoms with E-state index < -0.39 is 0 Å². The molecule has 0 bridgehead atoms. The second kappa shape index (κ2) is 9.22. The van der Waals surface area contributed by atoms with Gasteiger partial charge in [0, 0.05) is 4.47 Å². The highest BCUT2D eigenvalue weighted by Gasteiger charge is 2.09. The second-order valence-electron chi connectivity index (χ2n) is 5.48. The van der Waals surface area contributed by atoms with Crippen molar-refractivity contribution in [3.63, 3.8) is 0 Å². The number of rotatable bonds is 7. The van der Waals surface area contributed by atoms with Gasteiger partial charge < -0.3 is 9.47 Å². The molecule has 132 valence electrons. The van der Waals surface area contributed by atoms with Crippen LogP contribution in [0, 0.1) is 0 Å². The van der Waals surface area contributed by atoms with Gasteiger partial charge in [-0.25, -0.2) is 5.43 Å². The van der Waals surface area contributed by atoms with Crippen molar-refractivity contribution >= 4 is 28.1 Å². The maximum Gasteiger partial charge on any atom is 0.272 e. The first kappa shape index (κ1) is 19.0. The summed E-state index contributed by atoms with van der Waals surface area (Å²) in [5, 5.41) is 4.01. The van der Waals surface area contributed by atoms with Crippen LogP contribution in [0.15, 0.2) is 52.0 Å². The van der Waals surface area contributed by atoms with Crippen molar-refractivity contribution in [2.45, 2.75) is 26.9 Å². The van der Waals surface area contributed by atoms with Gasteiger partial charge in [-0.2, -0.15) is 5.10 Å². The first-order valence-corrected chi connectivity index (χ1v) is 8.82. The Kier molecular flexibility index (Phi) is 7.01. The lowest BCUT2D eigenvalue weighted by Crippen LogP contribution is -2.18. The number of halogens is 1. The van der Waals surface area contributed by atoms with Crippen LogP contribution in [0.4, 0.5) is 0 Å². The Bertz CT molecular complexity index is 760. The van der Waals surface area contributed by atoms with Crippen LogP contribution in [0.25, 0.3) is 0 Å². The Labute approximate surface area is 156 Å². The minimum absolute atomic E-state index is 0.0577. The number of nitrogens with zero attached hydrogens (tertiary/aromatic N) is 1. The average Bonchev–Trinajstić information content (AvgIpc) is 2.57. The van der Waals surface area contributed by atoms with Gasteiger partial charge >= 0.3 is 0 Å². The molecule has 25 heavy (non-hydrogen) atoms. The lowest BCUT2D eigenvalue weighted by Gasteiger charge is -2.14. The summed E-state index contributed by atoms with van der Waals surface area (Å²) < 4.78 is 12.1. The fourth-order valence-corrected chi connectivity index (χ4v) is 2.56. The number of amides is 1. The number of nitrogens with one attached hydrogen (secondary N) is 1. The normalized spacial score (nSPS) is 10.9. The molecule has 0 aliphatic carbocycles. The monoisotopic (exact) mass is 404 g/mol. The summed E-state index contributed by atoms with van der Waals surface area (Å²) in [5.74, 6) is 1.05. The Morgan fingerprint density at radius 1 is 1.24 bits per heavy atom. The molecule has 0 spiro atoms. The smallest absolute Gasteiger partial charge is 0.272 e. The summed E-state index contributed by atoms with van der Waals surface area (Å²) in [6, 6.07) is 12.7. The van der Waals surface area contributed by atoms with E-state index in [9.17, 15) is 4.79 Å². The van der Waals surface area contributed by atoms with Crippen LogP contribution in [0.1, 0.15) is 36.7 Å². The van der Waals surface area contributed by atoms with Gasteiger partial charge in [0.1, 0.15) is 0 Å². The minimum Gasteiger partial charge on any atom is -0.490 e. The number of hydrogen-bond acceptors (Lipinski definition) is 4. The summed E-state index contributed by atoms with van der Waals surface area (Å²) in [6.07, 6.45) is 1.62. The summed E-state index contributed by atoms with van der Waals surface area (Å²) in [6.45, 7) is 6.37. The van der Waals surface area contributed by atoms with Gasteiger partial charge in [0.2, 0.25) is 0 Å². The highest BCUT2D eigenvalue weighted by atomic mass is 79.9. The lowest BCUT2D eigenvalue weighted by molar-refractivity contribution is 0.0954. The van der Waals surface area contributed by atoms with Crippen molar-refractivity contribution in [2.24, 2.45) is 5.10 Å². The second-order valence-corrected chi connectivity index (χ2v) is 6.34. The number of hydrazone groups is 1. The number of hydrogen-bond donors (Lipinski definition) is 1. The fraction of sp³-hybridized carbons (Fsp3) is 0.263. The molecule has 0 atom stereocenters. The molecule has 6 heteroatoms. The first-order valence-electron chi connectivity index (χ1n) is 8.02. The van der Waals surface area contributed by atoms with Crippen LogP contribution in [-0.2, 0) is 0 Å². The van der Waals surface area contributed by atoms with E-state index in [1.54, 1.807) is 24.4 Å². The summed E-state index contributed by atoms with van der Waals surface area (Å²) in [4.78, 5) is 12.1. The molecule has 0 saturated carbocycles. The SMILES string of the molecule is CCOc1cc(/C=N\NC(=O)c2ccccc2Br)ccc1OC(C)C. The van der Waals surface area contributed by atoms with E-state index in [-0.39, 0.29) is 12.0 Å². The molecule has 0 aliphatic heterocycles. The van der Waals surface area contributed by atoms with Gasteiger partial charge in [-0.05, 0) is 72.6 Å². The van der Waals surface area contributed by atoms with E-state index in [4.69, 9.17) is 9.47 Å². The number of carbonyl (C=O) groups is 1. The zero-order valence-electron chi connectivity index (χ0n) is 14.5. The number of carbonyl (C=O) groups excluding carboxylic acids is 1. The predicted molar refractivity (Wildman–Crippen MR) is 103 cm³/mol. The van der Waals surface area contributed by atoms with Crippen LogP contribution in [0.5, 0.6) is 11.5 Å². The molecular formula is C19H21BrN2O3. The Hall–Kier alpha value is -2.34. The van der Waals surface area contributed by atoms with Crippen LogP contribution in [0.3, 0.4) is 0 Å². The van der Waals surface area contributed by atoms with Gasteiger partial charge in [-0.15, -0.1) is 0 Å². The van der Waals surface area contributed by atoms with Crippen molar-refractivity contribution in [1.82, 2.24) is 5.43 Å². The summed E-state index contributed by atoms with van der Waals surface area (Å²) >= 11 is 3.34. The Balaban J connectivity index is 2.09. The van der Waals surface area contributed by atoms with E-state index in [1.165, 1.54) is 0 Å². The van der Waals surface area contributed by atoms with Gasteiger partial charge in [-0.3, -0.25) is 4.79 Å². The van der Waals surface area contributed by atoms with Crippen LogP contribution in [-0.4, -0.2) is 24.8 Å². The van der Waals surface area contributed by atoms with Crippen molar-refractivity contribution in [3.8, 4) is 11.5 Å². The molecule has 0 saturated heterocycles. The van der Waals surface area contributed by atoms with Crippen molar-refractivity contribution in [2.75, 3.05) is 6.61 Å². The fourth-order valence-electron chi connectivity index (χ4n) is 2.10. The third-order valence-corrected chi connectivity index (χ3v) is 3.82. The van der Waals surface area contributed by atoms with Crippen LogP contribution >= 0.6 is 15.9 Å². The van der Waals surface area contributed by atoms with Gasteiger partial charge in [0.15, 0.2) is 11.5 Å². The molecule has 0 radical (unpaired) electrons. The minimum atomic E-state index is -0.284. The van der Waals surface area contributed by atoms with Gasteiger partial charge in [0.25, 0.3) is 5.91 Å². The van der Waals surface area contributed by atoms with Gasteiger partial charge in [0.05, 0.1) is 24.5 Å². The molecule has 2 aromatic carbocycles. The molecule has 0 aromatic heterocycles. The third-order valence-electron chi connectivity index (χ3n) is 3.13. The summed E-state index contributed by atoms with van der Waals surface area (Å²) in [7, 11) is 0. The van der Waals surface area contributed by atoms with E-state index in [2.05, 4.69) is 26.5 Å². The highest BCUT2D eigenvalue weighted by Crippen LogP contribution is 2.29. The highest BCUT2D eigenvalue weighted by molar-refractivity contribution is 9.10. The van der Waals surface area contributed by atoms with Crippen LogP contribution in [0.2, 0.25) is 0 Å². The zero-order valence-corrected chi connectivity index (χ0v) is 16.0. The maximum atomic E-state index is 12.1. The molecule has 2 rings (SSSR count). The van der Waals surface area contributed by atoms with Crippen molar-refractivity contribution in [1.29, 1.82) is 0 Å². The molecule has 1 amide bonds. The van der Waals surface area contributed by atoms with Crippen molar-refractivity contribution in [3.05, 3.63) is 58.1 Å². The van der Waals surface area contributed by atoms with E-state index >= 15 is 0 Å².